The van der Waals surface area contributed by atoms with Crippen molar-refractivity contribution in [2.45, 2.75) is 32.8 Å². The summed E-state index contributed by atoms with van der Waals surface area (Å²) in [5, 5.41) is 2.94. The number of carbonyl (C=O) groups excluding carboxylic acids is 1. The van der Waals surface area contributed by atoms with Crippen LogP contribution in [0.1, 0.15) is 37.5 Å². The Balaban J connectivity index is 1.89. The molecule has 6 heteroatoms. The Morgan fingerprint density at radius 2 is 1.86 bits per heavy atom. The molecule has 1 N–H and O–H groups in total. The molecule has 1 unspecified atom stereocenters. The van der Waals surface area contributed by atoms with Crippen LogP contribution in [-0.2, 0) is 11.2 Å². The van der Waals surface area contributed by atoms with Crippen molar-refractivity contribution in [1.29, 1.82) is 0 Å². The van der Waals surface area contributed by atoms with E-state index in [1.54, 1.807) is 21.3 Å². The van der Waals surface area contributed by atoms with Crippen LogP contribution >= 0.6 is 0 Å². The summed E-state index contributed by atoms with van der Waals surface area (Å²) in [6, 6.07) is 9.64. The maximum absolute atomic E-state index is 12.0. The van der Waals surface area contributed by atoms with Crippen molar-refractivity contribution in [2.24, 2.45) is 5.92 Å². The number of fused-ring (bicyclic) bond motifs is 1. The Morgan fingerprint density at radius 1 is 1.11 bits per heavy atom. The monoisotopic (exact) mass is 385 g/mol. The topological polar surface area (TPSA) is 66.0 Å². The van der Waals surface area contributed by atoms with Crippen LogP contribution in [0.2, 0.25) is 0 Å². The minimum atomic E-state index is -0.119. The van der Waals surface area contributed by atoms with Crippen molar-refractivity contribution < 1.29 is 23.7 Å². The quantitative estimate of drug-likeness (QED) is 0.800. The van der Waals surface area contributed by atoms with E-state index in [4.69, 9.17) is 18.9 Å². The lowest BCUT2D eigenvalue weighted by Crippen LogP contribution is -2.19. The molecule has 0 saturated carbocycles. The number of ether oxygens (including phenoxy) is 4. The van der Waals surface area contributed by atoms with E-state index < -0.39 is 0 Å². The van der Waals surface area contributed by atoms with Crippen molar-refractivity contribution in [3.63, 3.8) is 0 Å². The van der Waals surface area contributed by atoms with Crippen molar-refractivity contribution in [3.05, 3.63) is 41.5 Å². The average Bonchev–Trinajstić information content (AvgIpc) is 2.71. The van der Waals surface area contributed by atoms with Crippen molar-refractivity contribution >= 4 is 11.6 Å². The predicted octanol–water partition coefficient (Wildman–Crippen LogP) is 4.37. The molecule has 0 aromatic heterocycles. The second-order valence-corrected chi connectivity index (χ2v) is 7.04. The Labute approximate surface area is 165 Å². The fourth-order valence-corrected chi connectivity index (χ4v) is 3.36. The van der Waals surface area contributed by atoms with Crippen LogP contribution in [0.3, 0.4) is 0 Å². The van der Waals surface area contributed by atoms with Crippen molar-refractivity contribution in [1.82, 2.24) is 0 Å². The lowest BCUT2D eigenvalue weighted by Gasteiger charge is -2.29. The average molecular weight is 385 g/mol. The highest BCUT2D eigenvalue weighted by molar-refractivity contribution is 5.92. The summed E-state index contributed by atoms with van der Waals surface area (Å²) in [7, 11) is 4.80. The van der Waals surface area contributed by atoms with Gasteiger partial charge in [0, 0.05) is 23.2 Å². The lowest BCUT2D eigenvalue weighted by molar-refractivity contribution is -0.118. The highest BCUT2D eigenvalue weighted by atomic mass is 16.5. The molecule has 28 heavy (non-hydrogen) atoms. The van der Waals surface area contributed by atoms with Gasteiger partial charge in [-0.15, -0.1) is 0 Å². The molecule has 1 aliphatic heterocycles. The van der Waals surface area contributed by atoms with Gasteiger partial charge in [-0.1, -0.05) is 26.0 Å². The second-order valence-electron chi connectivity index (χ2n) is 7.04. The molecular weight excluding hydrogens is 358 g/mol. The van der Waals surface area contributed by atoms with E-state index >= 15 is 0 Å². The summed E-state index contributed by atoms with van der Waals surface area (Å²) in [5.41, 5.74) is 2.76. The number of methoxy groups -OCH3 is 3. The molecule has 0 radical (unpaired) electrons. The van der Waals surface area contributed by atoms with Gasteiger partial charge < -0.3 is 24.3 Å². The summed E-state index contributed by atoms with van der Waals surface area (Å²) >= 11 is 0. The molecule has 6 nitrogen and oxygen atoms in total. The minimum Gasteiger partial charge on any atom is -0.493 e. The van der Waals surface area contributed by atoms with E-state index in [9.17, 15) is 4.79 Å². The van der Waals surface area contributed by atoms with Gasteiger partial charge >= 0.3 is 0 Å². The number of anilines is 1. The molecule has 0 bridgehead atoms. The summed E-state index contributed by atoms with van der Waals surface area (Å²) in [6.07, 6.45) is 1.46. The SMILES string of the molecule is COc1cc2c(c(OC)c1OC)CCC(c1cccc(NC(=O)C(C)C)c1)O2. The van der Waals surface area contributed by atoms with Crippen LogP contribution in [0.4, 0.5) is 5.69 Å². The van der Waals surface area contributed by atoms with Crippen LogP contribution in [0.15, 0.2) is 30.3 Å². The van der Waals surface area contributed by atoms with Gasteiger partial charge in [-0.2, -0.15) is 0 Å². The van der Waals surface area contributed by atoms with Gasteiger partial charge in [-0.25, -0.2) is 0 Å². The third kappa shape index (κ3) is 3.86. The number of carbonyl (C=O) groups is 1. The largest absolute Gasteiger partial charge is 0.493 e. The molecule has 2 aromatic carbocycles. The van der Waals surface area contributed by atoms with E-state index in [2.05, 4.69) is 5.32 Å². The number of nitrogens with one attached hydrogen (secondary N) is 1. The van der Waals surface area contributed by atoms with Gasteiger partial charge in [0.05, 0.1) is 21.3 Å². The second kappa shape index (κ2) is 8.42. The smallest absolute Gasteiger partial charge is 0.226 e. The van der Waals surface area contributed by atoms with Gasteiger partial charge in [0.15, 0.2) is 11.5 Å². The summed E-state index contributed by atoms with van der Waals surface area (Å²) in [6.45, 7) is 3.74. The first-order valence-electron chi connectivity index (χ1n) is 9.37. The fourth-order valence-electron chi connectivity index (χ4n) is 3.36. The number of hydrogen-bond donors (Lipinski definition) is 1. The zero-order chi connectivity index (χ0) is 20.3. The van der Waals surface area contributed by atoms with Crippen molar-refractivity contribution in [3.8, 4) is 23.0 Å². The molecule has 2 aromatic rings. The standard InChI is InChI=1S/C22H27NO5/c1-13(2)22(24)23-15-8-6-7-14(11-15)17-10-9-16-18(28-17)12-19(25-3)21(27-5)20(16)26-4/h6-8,11-13,17H,9-10H2,1-5H3,(H,23,24). The highest BCUT2D eigenvalue weighted by Gasteiger charge is 2.28. The summed E-state index contributed by atoms with van der Waals surface area (Å²) in [4.78, 5) is 12.0. The third-order valence-corrected chi connectivity index (χ3v) is 4.87. The third-order valence-electron chi connectivity index (χ3n) is 4.87. The van der Waals surface area contributed by atoms with Crippen LogP contribution in [0.5, 0.6) is 23.0 Å². The predicted molar refractivity (Wildman–Crippen MR) is 108 cm³/mol. The summed E-state index contributed by atoms with van der Waals surface area (Å²) < 4.78 is 22.8. The van der Waals surface area contributed by atoms with Gasteiger partial charge in [-0.3, -0.25) is 4.79 Å². The van der Waals surface area contributed by atoms with Gasteiger partial charge in [0.2, 0.25) is 11.7 Å². The maximum atomic E-state index is 12.0. The Bertz CT molecular complexity index is 862. The number of amides is 1. The zero-order valence-corrected chi connectivity index (χ0v) is 17.0. The first-order valence-corrected chi connectivity index (χ1v) is 9.37. The molecule has 150 valence electrons. The first-order chi connectivity index (χ1) is 13.5. The summed E-state index contributed by atoms with van der Waals surface area (Å²) in [5.74, 6) is 2.43. The Kier molecular flexibility index (Phi) is 5.97. The fraction of sp³-hybridized carbons (Fsp3) is 0.409. The van der Waals surface area contributed by atoms with Crippen LogP contribution in [0, 0.1) is 5.92 Å². The number of rotatable bonds is 6. The van der Waals surface area contributed by atoms with E-state index in [-0.39, 0.29) is 17.9 Å². The molecule has 1 atom stereocenters. The molecule has 0 aliphatic carbocycles. The Morgan fingerprint density at radius 3 is 2.50 bits per heavy atom. The van der Waals surface area contributed by atoms with Gasteiger partial charge in [-0.05, 0) is 30.5 Å². The van der Waals surface area contributed by atoms with E-state index in [1.165, 1.54) is 0 Å². The molecular formula is C22H27NO5. The van der Waals surface area contributed by atoms with E-state index in [0.29, 0.717) is 17.2 Å². The van der Waals surface area contributed by atoms with Crippen molar-refractivity contribution in [2.75, 3.05) is 26.6 Å². The molecule has 0 saturated heterocycles. The Hall–Kier alpha value is -2.89. The normalized spacial score (nSPS) is 15.4. The van der Waals surface area contributed by atoms with Crippen LogP contribution in [-0.4, -0.2) is 27.2 Å². The minimum absolute atomic E-state index is 0.00590. The molecule has 1 aliphatic rings. The zero-order valence-electron chi connectivity index (χ0n) is 17.0. The molecule has 3 rings (SSSR count). The maximum Gasteiger partial charge on any atom is 0.226 e. The molecule has 1 amide bonds. The molecule has 0 spiro atoms. The van der Waals surface area contributed by atoms with Gasteiger partial charge in [0.25, 0.3) is 0 Å². The molecule has 1 heterocycles. The molecule has 0 fully saturated rings. The first kappa shape index (κ1) is 19.9. The van der Waals surface area contributed by atoms with Crippen LogP contribution in [0.25, 0.3) is 0 Å². The lowest BCUT2D eigenvalue weighted by atomic mass is 9.96. The van der Waals surface area contributed by atoms with Gasteiger partial charge in [0.1, 0.15) is 11.9 Å². The highest BCUT2D eigenvalue weighted by Crippen LogP contribution is 2.49. The number of benzene rings is 2. The van der Waals surface area contributed by atoms with E-state index in [0.717, 1.165) is 35.4 Å². The van der Waals surface area contributed by atoms with E-state index in [1.807, 2.05) is 44.2 Å². The van der Waals surface area contributed by atoms with Crippen LogP contribution < -0.4 is 24.3 Å². The number of hydrogen-bond acceptors (Lipinski definition) is 5.